The van der Waals surface area contributed by atoms with Crippen LogP contribution in [-0.2, 0) is 14.3 Å². The number of benzene rings is 2. The fourth-order valence-corrected chi connectivity index (χ4v) is 3.38. The predicted molar refractivity (Wildman–Crippen MR) is 110 cm³/mol. The van der Waals surface area contributed by atoms with Gasteiger partial charge in [0.2, 0.25) is 5.91 Å². The van der Waals surface area contributed by atoms with Gasteiger partial charge in [-0.25, -0.2) is 4.90 Å². The van der Waals surface area contributed by atoms with Crippen LogP contribution in [0.1, 0.15) is 33.2 Å². The van der Waals surface area contributed by atoms with Crippen molar-refractivity contribution in [3.63, 3.8) is 0 Å². The highest BCUT2D eigenvalue weighted by atomic mass is 32.2. The molecule has 1 atom stereocenters. The van der Waals surface area contributed by atoms with E-state index < -0.39 is 29.8 Å². The normalized spacial score (nSPS) is 13.8. The number of hydrogen-bond acceptors (Lipinski definition) is 6. The van der Waals surface area contributed by atoms with Gasteiger partial charge in [0.15, 0.2) is 6.73 Å². The number of anilines is 1. The first-order valence-electron chi connectivity index (χ1n) is 8.97. The maximum atomic E-state index is 12.3. The Balaban J connectivity index is 1.45. The Hall–Kier alpha value is -3.13. The van der Waals surface area contributed by atoms with E-state index in [0.29, 0.717) is 16.8 Å². The minimum Gasteiger partial charge on any atom is -0.443 e. The highest BCUT2D eigenvalue weighted by molar-refractivity contribution is 8.01. The Morgan fingerprint density at radius 3 is 2.21 bits per heavy atom. The molecule has 0 spiro atoms. The maximum Gasteiger partial charge on any atom is 0.320 e. The fraction of sp³-hybridized carbons (Fsp3) is 0.238. The van der Waals surface area contributed by atoms with E-state index in [0.717, 1.165) is 22.2 Å². The zero-order chi connectivity index (χ0) is 21.0. The van der Waals surface area contributed by atoms with Gasteiger partial charge in [0.1, 0.15) is 5.25 Å². The summed E-state index contributed by atoms with van der Waals surface area (Å²) in [6.45, 7) is 3.11. The van der Waals surface area contributed by atoms with Crippen LogP contribution in [0.25, 0.3) is 0 Å². The Bertz CT molecular complexity index is 923. The van der Waals surface area contributed by atoms with Crippen molar-refractivity contribution in [2.24, 2.45) is 0 Å². The van der Waals surface area contributed by atoms with E-state index in [9.17, 15) is 19.2 Å². The number of carbonyl (C=O) groups is 4. The molecule has 2 aromatic rings. The summed E-state index contributed by atoms with van der Waals surface area (Å²) < 4.78 is 5.12. The van der Waals surface area contributed by atoms with Crippen molar-refractivity contribution in [3.8, 4) is 0 Å². The van der Waals surface area contributed by atoms with Crippen molar-refractivity contribution >= 4 is 41.1 Å². The van der Waals surface area contributed by atoms with Gasteiger partial charge in [-0.05, 0) is 38.1 Å². The van der Waals surface area contributed by atoms with Crippen LogP contribution in [0.5, 0.6) is 0 Å². The van der Waals surface area contributed by atoms with Crippen LogP contribution in [0.3, 0.4) is 0 Å². The fourth-order valence-electron chi connectivity index (χ4n) is 2.70. The van der Waals surface area contributed by atoms with Crippen LogP contribution in [-0.4, -0.2) is 46.3 Å². The number of aryl methyl sites for hydroxylation is 1. The van der Waals surface area contributed by atoms with Crippen LogP contribution in [0, 0.1) is 6.92 Å². The first-order valence-corrected chi connectivity index (χ1v) is 10.0. The summed E-state index contributed by atoms with van der Waals surface area (Å²) in [4.78, 5) is 49.6. The number of imide groups is 1. The Kier molecular flexibility index (Phi) is 6.33. The average molecular weight is 412 g/mol. The highest BCUT2D eigenvalue weighted by Crippen LogP contribution is 2.22. The molecule has 0 fully saturated rings. The number of rotatable bonds is 7. The van der Waals surface area contributed by atoms with Gasteiger partial charge in [-0.1, -0.05) is 29.8 Å². The molecule has 2 aromatic carbocycles. The number of nitrogens with one attached hydrogen (secondary N) is 1. The van der Waals surface area contributed by atoms with Crippen LogP contribution in [0.2, 0.25) is 0 Å². The number of thioether (sulfide) groups is 1. The molecule has 3 amide bonds. The molecule has 0 aromatic heterocycles. The number of esters is 1. The van der Waals surface area contributed by atoms with Gasteiger partial charge in [0.25, 0.3) is 11.8 Å². The van der Waals surface area contributed by atoms with Crippen LogP contribution in [0.4, 0.5) is 5.69 Å². The molecule has 7 nitrogen and oxygen atoms in total. The zero-order valence-corrected chi connectivity index (χ0v) is 16.8. The lowest BCUT2D eigenvalue weighted by Gasteiger charge is -2.16. The third-order valence-corrected chi connectivity index (χ3v) is 5.47. The largest absolute Gasteiger partial charge is 0.443 e. The van der Waals surface area contributed by atoms with Crippen molar-refractivity contribution in [2.45, 2.75) is 19.1 Å². The van der Waals surface area contributed by atoms with Crippen LogP contribution >= 0.6 is 11.8 Å². The summed E-state index contributed by atoms with van der Waals surface area (Å²) in [5.41, 5.74) is 2.36. The van der Waals surface area contributed by atoms with Gasteiger partial charge in [-0.2, -0.15) is 0 Å². The maximum absolute atomic E-state index is 12.3. The second kappa shape index (κ2) is 8.91. The minimum atomic E-state index is -0.631. The van der Waals surface area contributed by atoms with Crippen molar-refractivity contribution in [3.05, 3.63) is 65.2 Å². The summed E-state index contributed by atoms with van der Waals surface area (Å²) >= 11 is 1.11. The van der Waals surface area contributed by atoms with E-state index in [1.165, 1.54) is 0 Å². The van der Waals surface area contributed by atoms with Gasteiger partial charge in [-0.3, -0.25) is 19.2 Å². The molecule has 8 heteroatoms. The highest BCUT2D eigenvalue weighted by Gasteiger charge is 2.36. The molecular weight excluding hydrogens is 392 g/mol. The molecule has 0 saturated heterocycles. The molecular formula is C21H20N2O5S. The standard InChI is InChI=1S/C21H20N2O5S/c1-13-7-9-15(10-8-13)22-18(24)11-29-14(2)21(27)28-12-23-19(25)16-5-3-4-6-17(16)20(23)26/h3-10,14H,11-12H2,1-2H3,(H,22,24)/t14-/m0/s1. The molecule has 150 valence electrons. The summed E-state index contributed by atoms with van der Waals surface area (Å²) in [5, 5.41) is 2.12. The monoisotopic (exact) mass is 412 g/mol. The quantitative estimate of drug-likeness (QED) is 0.555. The summed E-state index contributed by atoms with van der Waals surface area (Å²) in [7, 11) is 0. The number of carbonyl (C=O) groups excluding carboxylic acids is 4. The third kappa shape index (κ3) is 4.83. The third-order valence-electron chi connectivity index (χ3n) is 4.35. The molecule has 0 unspecified atom stereocenters. The Labute approximate surface area is 172 Å². The minimum absolute atomic E-state index is 0.0666. The lowest BCUT2D eigenvalue weighted by molar-refractivity contribution is -0.145. The topological polar surface area (TPSA) is 92.8 Å². The lowest BCUT2D eigenvalue weighted by atomic mass is 10.1. The molecule has 1 N–H and O–H groups in total. The van der Waals surface area contributed by atoms with Gasteiger partial charge in [0.05, 0.1) is 16.9 Å². The first kappa shape index (κ1) is 20.6. The number of fused-ring (bicyclic) bond motifs is 1. The second-order valence-electron chi connectivity index (χ2n) is 6.54. The van der Waals surface area contributed by atoms with Crippen molar-refractivity contribution < 1.29 is 23.9 Å². The number of hydrogen-bond donors (Lipinski definition) is 1. The van der Waals surface area contributed by atoms with Gasteiger partial charge < -0.3 is 10.1 Å². The molecule has 1 aliphatic rings. The molecule has 3 rings (SSSR count). The zero-order valence-electron chi connectivity index (χ0n) is 16.0. The van der Waals surface area contributed by atoms with Gasteiger partial charge in [-0.15, -0.1) is 11.8 Å². The molecule has 1 aliphatic heterocycles. The SMILES string of the molecule is Cc1ccc(NC(=O)CS[C@@H](C)C(=O)OCN2C(=O)c3ccccc3C2=O)cc1. The van der Waals surface area contributed by atoms with E-state index in [-0.39, 0.29) is 11.7 Å². The van der Waals surface area contributed by atoms with E-state index >= 15 is 0 Å². The summed E-state index contributed by atoms with van der Waals surface area (Å²) in [6.07, 6.45) is 0. The van der Waals surface area contributed by atoms with E-state index in [1.807, 2.05) is 19.1 Å². The molecule has 29 heavy (non-hydrogen) atoms. The molecule has 0 bridgehead atoms. The lowest BCUT2D eigenvalue weighted by Crippen LogP contribution is -2.34. The van der Waals surface area contributed by atoms with E-state index in [4.69, 9.17) is 4.74 Å². The first-order chi connectivity index (χ1) is 13.9. The Morgan fingerprint density at radius 2 is 1.62 bits per heavy atom. The van der Waals surface area contributed by atoms with Crippen molar-refractivity contribution in [1.82, 2.24) is 4.90 Å². The number of amides is 3. The number of nitrogens with zero attached hydrogens (tertiary/aromatic N) is 1. The van der Waals surface area contributed by atoms with Crippen molar-refractivity contribution in [1.29, 1.82) is 0 Å². The molecule has 0 radical (unpaired) electrons. The molecule has 1 heterocycles. The van der Waals surface area contributed by atoms with Crippen LogP contribution < -0.4 is 5.32 Å². The summed E-state index contributed by atoms with van der Waals surface area (Å²) in [6, 6.07) is 13.8. The smallest absolute Gasteiger partial charge is 0.320 e. The van der Waals surface area contributed by atoms with Crippen molar-refractivity contribution in [2.75, 3.05) is 17.8 Å². The average Bonchev–Trinajstić information content (AvgIpc) is 2.96. The molecule has 0 aliphatic carbocycles. The Morgan fingerprint density at radius 1 is 1.03 bits per heavy atom. The van der Waals surface area contributed by atoms with E-state index in [1.54, 1.807) is 43.3 Å². The summed E-state index contributed by atoms with van der Waals surface area (Å²) in [5.74, 6) is -1.75. The van der Waals surface area contributed by atoms with E-state index in [2.05, 4.69) is 5.32 Å². The molecule has 0 saturated carbocycles. The van der Waals surface area contributed by atoms with Crippen LogP contribution in [0.15, 0.2) is 48.5 Å². The van der Waals surface area contributed by atoms with Gasteiger partial charge >= 0.3 is 5.97 Å². The second-order valence-corrected chi connectivity index (χ2v) is 7.87. The number of ether oxygens (including phenoxy) is 1. The van der Waals surface area contributed by atoms with Gasteiger partial charge in [0, 0.05) is 5.69 Å². The predicted octanol–water partition coefficient (Wildman–Crippen LogP) is 2.85.